The summed E-state index contributed by atoms with van der Waals surface area (Å²) in [5.74, 6) is -0.168. The number of para-hydroxylation sites is 1. The van der Waals surface area contributed by atoms with Crippen LogP contribution in [-0.4, -0.2) is 18.1 Å². The minimum absolute atomic E-state index is 0.168. The third-order valence-corrected chi connectivity index (χ3v) is 3.23. The molecule has 3 nitrogen and oxygen atoms in total. The molecule has 0 aromatic heterocycles. The summed E-state index contributed by atoms with van der Waals surface area (Å²) >= 11 is 0. The van der Waals surface area contributed by atoms with E-state index in [9.17, 15) is 4.79 Å². The monoisotopic (exact) mass is 233 g/mol. The second kappa shape index (κ2) is 5.21. The number of rotatable bonds is 4. The van der Waals surface area contributed by atoms with Crippen molar-refractivity contribution in [1.29, 1.82) is 0 Å². The van der Waals surface area contributed by atoms with Crippen molar-refractivity contribution >= 4 is 11.7 Å². The molecule has 1 N–H and O–H groups in total. The number of hydrogen-bond acceptors (Lipinski definition) is 3. The Morgan fingerprint density at radius 3 is 2.59 bits per heavy atom. The summed E-state index contributed by atoms with van der Waals surface area (Å²) in [4.78, 5) is 11.7. The predicted molar refractivity (Wildman–Crippen MR) is 67.9 cm³/mol. The molecule has 3 heteroatoms. The Bertz CT molecular complexity index is 369. The molecule has 0 unspecified atom stereocenters. The molecule has 0 saturated heterocycles. The van der Waals surface area contributed by atoms with Gasteiger partial charge in [-0.3, -0.25) is 4.79 Å². The summed E-state index contributed by atoms with van der Waals surface area (Å²) in [6.07, 6.45) is 4.31. The second-order valence-corrected chi connectivity index (χ2v) is 4.85. The third-order valence-electron chi connectivity index (χ3n) is 3.23. The molecule has 1 aliphatic rings. The number of carbonyl (C=O) groups excluding carboxylic acids is 1. The van der Waals surface area contributed by atoms with E-state index in [-0.39, 0.29) is 18.1 Å². The maximum Gasteiger partial charge on any atom is 0.325 e. The normalized spacial score (nSPS) is 17.7. The van der Waals surface area contributed by atoms with Crippen LogP contribution in [0.5, 0.6) is 0 Å². The highest BCUT2D eigenvalue weighted by Crippen LogP contribution is 2.32. The number of ether oxygens (including phenoxy) is 1. The summed E-state index contributed by atoms with van der Waals surface area (Å²) in [5.41, 5.74) is 0.719. The van der Waals surface area contributed by atoms with Gasteiger partial charge in [-0.15, -0.1) is 0 Å². The van der Waals surface area contributed by atoms with E-state index in [1.54, 1.807) is 0 Å². The number of nitrogens with one attached hydrogen (secondary N) is 1. The van der Waals surface area contributed by atoms with Crippen LogP contribution in [0.15, 0.2) is 30.3 Å². The van der Waals surface area contributed by atoms with E-state index in [2.05, 4.69) is 5.32 Å². The molecular formula is C14H19NO2. The van der Waals surface area contributed by atoms with Gasteiger partial charge in [-0.25, -0.2) is 0 Å². The smallest absolute Gasteiger partial charge is 0.325 e. The van der Waals surface area contributed by atoms with Gasteiger partial charge in [0, 0.05) is 5.69 Å². The molecule has 0 bridgehead atoms. The molecule has 1 fully saturated rings. The zero-order valence-electron chi connectivity index (χ0n) is 10.2. The lowest BCUT2D eigenvalue weighted by molar-refractivity contribution is -0.155. The van der Waals surface area contributed by atoms with Gasteiger partial charge in [-0.2, -0.15) is 0 Å². The van der Waals surface area contributed by atoms with Crippen molar-refractivity contribution in [3.8, 4) is 0 Å². The Kier molecular flexibility index (Phi) is 3.67. The first-order valence-electron chi connectivity index (χ1n) is 6.19. The lowest BCUT2D eigenvalue weighted by Gasteiger charge is -2.24. The fraction of sp³-hybridized carbons (Fsp3) is 0.500. The van der Waals surface area contributed by atoms with E-state index < -0.39 is 0 Å². The maximum atomic E-state index is 11.7. The van der Waals surface area contributed by atoms with Crippen molar-refractivity contribution in [3.63, 3.8) is 0 Å². The molecule has 0 heterocycles. The van der Waals surface area contributed by atoms with Crippen LogP contribution in [0, 0.1) is 0 Å². The van der Waals surface area contributed by atoms with Crippen LogP contribution in [0.1, 0.15) is 32.6 Å². The minimum Gasteiger partial charge on any atom is -0.458 e. The van der Waals surface area contributed by atoms with Crippen molar-refractivity contribution in [2.24, 2.45) is 0 Å². The first-order valence-corrected chi connectivity index (χ1v) is 6.19. The summed E-state index contributed by atoms with van der Waals surface area (Å²) in [5, 5.41) is 3.06. The molecule has 0 aliphatic heterocycles. The van der Waals surface area contributed by atoms with Crippen LogP contribution < -0.4 is 5.32 Å². The van der Waals surface area contributed by atoms with Gasteiger partial charge >= 0.3 is 5.97 Å². The van der Waals surface area contributed by atoms with Crippen molar-refractivity contribution < 1.29 is 9.53 Å². The molecule has 1 aromatic carbocycles. The number of carbonyl (C=O) groups is 1. The summed E-state index contributed by atoms with van der Waals surface area (Å²) in [6.45, 7) is 2.26. The zero-order chi connectivity index (χ0) is 12.1. The van der Waals surface area contributed by atoms with E-state index in [1.807, 2.05) is 37.3 Å². The van der Waals surface area contributed by atoms with Crippen LogP contribution >= 0.6 is 0 Å². The molecule has 1 aromatic rings. The Morgan fingerprint density at radius 1 is 1.29 bits per heavy atom. The molecule has 1 saturated carbocycles. The average molecular weight is 233 g/mol. The van der Waals surface area contributed by atoms with Crippen LogP contribution in [0.2, 0.25) is 0 Å². The highest BCUT2D eigenvalue weighted by Gasteiger charge is 2.32. The number of anilines is 1. The largest absolute Gasteiger partial charge is 0.458 e. The molecule has 1 aliphatic carbocycles. The van der Waals surface area contributed by atoms with Gasteiger partial charge in [0.1, 0.15) is 12.1 Å². The molecule has 17 heavy (non-hydrogen) atoms. The summed E-state index contributed by atoms with van der Waals surface area (Å²) in [7, 11) is 0. The van der Waals surface area contributed by atoms with Crippen molar-refractivity contribution in [2.75, 3.05) is 11.9 Å². The van der Waals surface area contributed by atoms with Crippen molar-refractivity contribution in [1.82, 2.24) is 0 Å². The van der Waals surface area contributed by atoms with Crippen LogP contribution in [0.3, 0.4) is 0 Å². The third kappa shape index (κ3) is 3.48. The lowest BCUT2D eigenvalue weighted by atomic mass is 10.1. The molecule has 0 amide bonds. The predicted octanol–water partition coefficient (Wildman–Crippen LogP) is 2.97. The second-order valence-electron chi connectivity index (χ2n) is 4.85. The zero-order valence-corrected chi connectivity index (χ0v) is 10.2. The van der Waals surface area contributed by atoms with Crippen molar-refractivity contribution in [3.05, 3.63) is 30.3 Å². The van der Waals surface area contributed by atoms with Gasteiger partial charge in [0.2, 0.25) is 0 Å². The SMILES string of the molecule is CC1(OC(=O)CNc2ccccc2)CCCC1. The van der Waals surface area contributed by atoms with Gasteiger partial charge < -0.3 is 10.1 Å². The fourth-order valence-electron chi connectivity index (χ4n) is 2.27. The summed E-state index contributed by atoms with van der Waals surface area (Å²) < 4.78 is 5.52. The van der Waals surface area contributed by atoms with Crippen molar-refractivity contribution in [2.45, 2.75) is 38.2 Å². The van der Waals surface area contributed by atoms with E-state index in [0.29, 0.717) is 0 Å². The van der Waals surface area contributed by atoms with Crippen LogP contribution in [0.25, 0.3) is 0 Å². The van der Waals surface area contributed by atoms with Gasteiger partial charge in [-0.05, 0) is 44.7 Å². The van der Waals surface area contributed by atoms with E-state index in [4.69, 9.17) is 4.74 Å². The Hall–Kier alpha value is -1.51. The van der Waals surface area contributed by atoms with Crippen LogP contribution in [0.4, 0.5) is 5.69 Å². The Balaban J connectivity index is 1.78. The molecule has 2 rings (SSSR count). The van der Waals surface area contributed by atoms with E-state index in [0.717, 1.165) is 31.4 Å². The number of esters is 1. The van der Waals surface area contributed by atoms with Crippen LogP contribution in [-0.2, 0) is 9.53 Å². The molecule has 0 spiro atoms. The summed E-state index contributed by atoms with van der Waals surface area (Å²) in [6, 6.07) is 9.69. The van der Waals surface area contributed by atoms with Gasteiger partial charge in [0.25, 0.3) is 0 Å². The quantitative estimate of drug-likeness (QED) is 0.812. The Labute approximate surface area is 102 Å². The number of hydrogen-bond donors (Lipinski definition) is 1. The standard InChI is InChI=1S/C14H19NO2/c1-14(9-5-6-10-14)17-13(16)11-15-12-7-3-2-4-8-12/h2-4,7-8,15H,5-6,9-11H2,1H3. The fourth-order valence-corrected chi connectivity index (χ4v) is 2.27. The first-order chi connectivity index (χ1) is 8.18. The van der Waals surface area contributed by atoms with Gasteiger partial charge in [0.15, 0.2) is 0 Å². The minimum atomic E-state index is -0.227. The molecule has 0 radical (unpaired) electrons. The Morgan fingerprint density at radius 2 is 1.94 bits per heavy atom. The van der Waals surface area contributed by atoms with Gasteiger partial charge in [0.05, 0.1) is 0 Å². The highest BCUT2D eigenvalue weighted by molar-refractivity contribution is 5.75. The molecular weight excluding hydrogens is 214 g/mol. The maximum absolute atomic E-state index is 11.7. The molecule has 0 atom stereocenters. The van der Waals surface area contributed by atoms with E-state index >= 15 is 0 Å². The topological polar surface area (TPSA) is 38.3 Å². The van der Waals surface area contributed by atoms with E-state index in [1.165, 1.54) is 0 Å². The average Bonchev–Trinajstić information content (AvgIpc) is 2.74. The van der Waals surface area contributed by atoms with Gasteiger partial charge in [-0.1, -0.05) is 18.2 Å². The lowest BCUT2D eigenvalue weighted by Crippen LogP contribution is -2.31. The number of benzene rings is 1. The first kappa shape index (κ1) is 12.0. The highest BCUT2D eigenvalue weighted by atomic mass is 16.6. The molecule has 92 valence electrons.